The Morgan fingerprint density at radius 3 is 2.70 bits per heavy atom. The first-order chi connectivity index (χ1) is 9.83. The molecule has 3 aliphatic rings. The zero-order valence-electron chi connectivity index (χ0n) is 11.8. The molecule has 4 rings (SSSR count). The second kappa shape index (κ2) is 4.77. The first-order valence-corrected chi connectivity index (χ1v) is 7.73. The molecule has 0 aromatic heterocycles. The van der Waals surface area contributed by atoms with E-state index in [0.29, 0.717) is 11.8 Å². The van der Waals surface area contributed by atoms with Gasteiger partial charge in [-0.05, 0) is 37.0 Å². The van der Waals surface area contributed by atoms with Gasteiger partial charge in [-0.15, -0.1) is 0 Å². The fraction of sp³-hybridized carbons (Fsp3) is 0.562. The van der Waals surface area contributed by atoms with E-state index in [1.165, 1.54) is 11.3 Å². The third-order valence-corrected chi connectivity index (χ3v) is 4.64. The van der Waals surface area contributed by atoms with Crippen molar-refractivity contribution in [1.29, 1.82) is 0 Å². The van der Waals surface area contributed by atoms with E-state index in [4.69, 9.17) is 0 Å². The smallest absolute Gasteiger partial charge is 0.230 e. The molecule has 0 radical (unpaired) electrons. The van der Waals surface area contributed by atoms with Gasteiger partial charge in [-0.25, -0.2) is 0 Å². The minimum absolute atomic E-state index is 0.309. The van der Waals surface area contributed by atoms with Gasteiger partial charge in [0, 0.05) is 50.0 Å². The van der Waals surface area contributed by atoms with Crippen LogP contribution in [-0.4, -0.2) is 38.6 Å². The number of anilines is 2. The Bertz CT molecular complexity index is 533. The van der Waals surface area contributed by atoms with Crippen LogP contribution in [0.4, 0.5) is 11.4 Å². The number of hydrogen-bond acceptors (Lipinski definition) is 3. The molecule has 1 aromatic carbocycles. The summed E-state index contributed by atoms with van der Waals surface area (Å²) in [5.74, 6) is 0.657. The van der Waals surface area contributed by atoms with Crippen LogP contribution in [0, 0.1) is 5.92 Å². The molecular formula is C16H21N3O. The van der Waals surface area contributed by atoms with Crippen molar-refractivity contribution in [3.8, 4) is 0 Å². The maximum Gasteiger partial charge on any atom is 0.230 e. The molecule has 0 bridgehead atoms. The van der Waals surface area contributed by atoms with Gasteiger partial charge in [0.05, 0.1) is 0 Å². The molecular weight excluding hydrogens is 250 g/mol. The van der Waals surface area contributed by atoms with Crippen molar-refractivity contribution in [2.45, 2.75) is 19.3 Å². The van der Waals surface area contributed by atoms with Gasteiger partial charge in [0.2, 0.25) is 5.91 Å². The Hall–Kier alpha value is -1.55. The average molecular weight is 271 g/mol. The third kappa shape index (κ3) is 2.08. The number of fused-ring (bicyclic) bond motifs is 1. The predicted molar refractivity (Wildman–Crippen MR) is 80.3 cm³/mol. The standard InChI is InChI=1S/C16H21N3O/c20-16(13-1-2-13)19-8-5-12-3-4-14(11-15(12)19)18-9-6-17-7-10-18/h3-4,11,13,17H,1-2,5-10H2. The second-order valence-corrected chi connectivity index (χ2v) is 6.06. The van der Waals surface area contributed by atoms with Crippen molar-refractivity contribution in [1.82, 2.24) is 5.32 Å². The average Bonchev–Trinajstić information content (AvgIpc) is 3.27. The molecule has 1 N–H and O–H groups in total. The van der Waals surface area contributed by atoms with E-state index in [2.05, 4.69) is 28.4 Å². The Labute approximate surface area is 119 Å². The zero-order chi connectivity index (χ0) is 13.5. The van der Waals surface area contributed by atoms with Gasteiger partial charge in [-0.1, -0.05) is 6.07 Å². The van der Waals surface area contributed by atoms with Gasteiger partial charge in [0.25, 0.3) is 0 Å². The molecule has 1 amide bonds. The first-order valence-electron chi connectivity index (χ1n) is 7.73. The number of carbonyl (C=O) groups is 1. The summed E-state index contributed by atoms with van der Waals surface area (Å²) < 4.78 is 0. The van der Waals surface area contributed by atoms with Crippen molar-refractivity contribution in [2.75, 3.05) is 42.5 Å². The molecule has 0 unspecified atom stereocenters. The molecule has 0 atom stereocenters. The minimum atomic E-state index is 0.309. The largest absolute Gasteiger partial charge is 0.369 e. The van der Waals surface area contributed by atoms with Gasteiger partial charge < -0.3 is 15.1 Å². The lowest BCUT2D eigenvalue weighted by Gasteiger charge is -2.30. The van der Waals surface area contributed by atoms with Gasteiger partial charge in [-0.3, -0.25) is 4.79 Å². The van der Waals surface area contributed by atoms with E-state index in [0.717, 1.165) is 57.7 Å². The number of carbonyl (C=O) groups excluding carboxylic acids is 1. The molecule has 4 heteroatoms. The Balaban J connectivity index is 1.61. The Morgan fingerprint density at radius 1 is 1.15 bits per heavy atom. The highest BCUT2D eigenvalue weighted by Crippen LogP contribution is 2.38. The first kappa shape index (κ1) is 12.2. The number of piperazine rings is 1. The number of nitrogens with one attached hydrogen (secondary N) is 1. The maximum atomic E-state index is 12.4. The highest BCUT2D eigenvalue weighted by atomic mass is 16.2. The highest BCUT2D eigenvalue weighted by Gasteiger charge is 2.36. The predicted octanol–water partition coefficient (Wildman–Crippen LogP) is 1.40. The third-order valence-electron chi connectivity index (χ3n) is 4.64. The van der Waals surface area contributed by atoms with E-state index >= 15 is 0 Å². The monoisotopic (exact) mass is 271 g/mol. The summed E-state index contributed by atoms with van der Waals surface area (Å²) in [6, 6.07) is 6.66. The van der Waals surface area contributed by atoms with Crippen LogP contribution in [0.2, 0.25) is 0 Å². The summed E-state index contributed by atoms with van der Waals surface area (Å²) in [5.41, 5.74) is 3.76. The number of hydrogen-bond donors (Lipinski definition) is 1. The van der Waals surface area contributed by atoms with E-state index in [1.807, 2.05) is 4.90 Å². The zero-order valence-corrected chi connectivity index (χ0v) is 11.8. The van der Waals surface area contributed by atoms with Crippen LogP contribution in [0.25, 0.3) is 0 Å². The Kier molecular flexibility index (Phi) is 2.91. The molecule has 106 valence electrons. The number of rotatable bonds is 2. The Morgan fingerprint density at radius 2 is 1.95 bits per heavy atom. The van der Waals surface area contributed by atoms with Crippen LogP contribution in [0.1, 0.15) is 18.4 Å². The van der Waals surface area contributed by atoms with E-state index in [9.17, 15) is 4.79 Å². The lowest BCUT2D eigenvalue weighted by atomic mass is 10.1. The molecule has 1 aromatic rings. The second-order valence-electron chi connectivity index (χ2n) is 6.06. The van der Waals surface area contributed by atoms with Gasteiger partial charge >= 0.3 is 0 Å². The van der Waals surface area contributed by atoms with E-state index in [-0.39, 0.29) is 0 Å². The van der Waals surface area contributed by atoms with Gasteiger partial charge in [0.1, 0.15) is 0 Å². The number of nitrogens with zero attached hydrogens (tertiary/aromatic N) is 2. The molecule has 1 saturated heterocycles. The summed E-state index contributed by atoms with van der Waals surface area (Å²) in [5, 5.41) is 3.38. The van der Waals surface area contributed by atoms with Gasteiger partial charge in [-0.2, -0.15) is 0 Å². The van der Waals surface area contributed by atoms with Crippen molar-refractivity contribution in [3.63, 3.8) is 0 Å². The van der Waals surface area contributed by atoms with Crippen LogP contribution < -0.4 is 15.1 Å². The maximum absolute atomic E-state index is 12.4. The molecule has 2 aliphatic heterocycles. The number of amides is 1. The summed E-state index contributed by atoms with van der Waals surface area (Å²) in [6.07, 6.45) is 3.18. The summed E-state index contributed by atoms with van der Waals surface area (Å²) in [6.45, 7) is 5.06. The topological polar surface area (TPSA) is 35.6 Å². The van der Waals surface area contributed by atoms with Crippen LogP contribution in [0.5, 0.6) is 0 Å². The van der Waals surface area contributed by atoms with Crippen LogP contribution in [-0.2, 0) is 11.2 Å². The normalized spacial score (nSPS) is 22.0. The van der Waals surface area contributed by atoms with E-state index < -0.39 is 0 Å². The quantitative estimate of drug-likeness (QED) is 0.883. The van der Waals surface area contributed by atoms with Crippen LogP contribution >= 0.6 is 0 Å². The van der Waals surface area contributed by atoms with Gasteiger partial charge in [0.15, 0.2) is 0 Å². The summed E-state index contributed by atoms with van der Waals surface area (Å²) in [4.78, 5) is 16.8. The van der Waals surface area contributed by atoms with Crippen LogP contribution in [0.15, 0.2) is 18.2 Å². The molecule has 2 heterocycles. The molecule has 4 nitrogen and oxygen atoms in total. The van der Waals surface area contributed by atoms with E-state index in [1.54, 1.807) is 0 Å². The van der Waals surface area contributed by atoms with Crippen molar-refractivity contribution in [3.05, 3.63) is 23.8 Å². The molecule has 20 heavy (non-hydrogen) atoms. The number of benzene rings is 1. The fourth-order valence-electron chi connectivity index (χ4n) is 3.27. The molecule has 2 fully saturated rings. The lowest BCUT2D eigenvalue weighted by molar-refractivity contribution is -0.119. The lowest BCUT2D eigenvalue weighted by Crippen LogP contribution is -2.43. The molecule has 1 saturated carbocycles. The van der Waals surface area contributed by atoms with Crippen molar-refractivity contribution in [2.24, 2.45) is 5.92 Å². The summed E-state index contributed by atoms with van der Waals surface area (Å²) >= 11 is 0. The molecule has 0 spiro atoms. The minimum Gasteiger partial charge on any atom is -0.369 e. The highest BCUT2D eigenvalue weighted by molar-refractivity contribution is 5.98. The summed E-state index contributed by atoms with van der Waals surface area (Å²) in [7, 11) is 0. The SMILES string of the molecule is O=C(C1CC1)N1CCc2ccc(N3CCNCC3)cc21. The van der Waals surface area contributed by atoms with Crippen molar-refractivity contribution < 1.29 is 4.79 Å². The van der Waals surface area contributed by atoms with Crippen molar-refractivity contribution >= 4 is 17.3 Å². The molecule has 1 aliphatic carbocycles. The van der Waals surface area contributed by atoms with Crippen LogP contribution in [0.3, 0.4) is 0 Å². The fourth-order valence-corrected chi connectivity index (χ4v) is 3.27.